The molecule has 0 bridgehead atoms. The van der Waals surface area contributed by atoms with Crippen LogP contribution in [0.2, 0.25) is 0 Å². The number of hydrogen-bond donors (Lipinski definition) is 1. The van der Waals surface area contributed by atoms with Gasteiger partial charge >= 0.3 is 0 Å². The Morgan fingerprint density at radius 3 is 3.00 bits per heavy atom. The number of rotatable bonds is 1. The summed E-state index contributed by atoms with van der Waals surface area (Å²) >= 11 is 1.64. The Balaban J connectivity index is 2.76. The largest absolute Gasteiger partial charge is 0.326 e. The van der Waals surface area contributed by atoms with E-state index in [2.05, 4.69) is 6.07 Å². The number of hydrogen-bond acceptors (Lipinski definition) is 2. The summed E-state index contributed by atoms with van der Waals surface area (Å²) in [5.74, 6) is 0. The molecular weight excluding hydrogens is 106 g/mol. The highest BCUT2D eigenvalue weighted by atomic mass is 32.1. The molecule has 37 valence electrons. The van der Waals surface area contributed by atoms with Gasteiger partial charge in [-0.3, -0.25) is 0 Å². The van der Waals surface area contributed by atoms with Gasteiger partial charge in [-0.05, 0) is 17.5 Å². The third kappa shape index (κ3) is 1.01. The van der Waals surface area contributed by atoms with Crippen LogP contribution in [0.3, 0.4) is 0 Å². The second kappa shape index (κ2) is 2.09. The summed E-state index contributed by atoms with van der Waals surface area (Å²) in [4.78, 5) is 1.13. The molecule has 2 heteroatoms. The standard InChI is InChI=1S/C5H6NS/c6-4-5-2-1-3-7-5/h1,3H,4,6H2. The first-order chi connectivity index (χ1) is 3.43. The lowest BCUT2D eigenvalue weighted by molar-refractivity contribution is 1.10. The van der Waals surface area contributed by atoms with Crippen molar-refractivity contribution >= 4 is 11.3 Å². The van der Waals surface area contributed by atoms with E-state index >= 15 is 0 Å². The van der Waals surface area contributed by atoms with Crippen LogP contribution in [0.25, 0.3) is 0 Å². The third-order valence-electron chi connectivity index (χ3n) is 0.708. The quantitative estimate of drug-likeness (QED) is 0.576. The van der Waals surface area contributed by atoms with Gasteiger partial charge in [-0.25, -0.2) is 0 Å². The molecule has 0 aromatic carbocycles. The SMILES string of the molecule is NCc1[c]ccs1. The van der Waals surface area contributed by atoms with Gasteiger partial charge in [0.1, 0.15) is 0 Å². The average molecular weight is 112 g/mol. The van der Waals surface area contributed by atoms with Crippen LogP contribution in [0.4, 0.5) is 0 Å². The molecule has 0 amide bonds. The van der Waals surface area contributed by atoms with E-state index in [0.717, 1.165) is 4.88 Å². The Bertz CT molecular complexity index is 123. The molecular formula is C5H6NS. The fourth-order valence-electron chi connectivity index (χ4n) is 0.384. The summed E-state index contributed by atoms with van der Waals surface area (Å²) in [5.41, 5.74) is 5.27. The van der Waals surface area contributed by atoms with Crippen LogP contribution in [0.15, 0.2) is 11.4 Å². The van der Waals surface area contributed by atoms with Crippen LogP contribution in [-0.4, -0.2) is 0 Å². The van der Waals surface area contributed by atoms with Crippen molar-refractivity contribution in [3.8, 4) is 0 Å². The van der Waals surface area contributed by atoms with Crippen molar-refractivity contribution in [3.05, 3.63) is 22.4 Å². The van der Waals surface area contributed by atoms with Gasteiger partial charge in [0.25, 0.3) is 0 Å². The van der Waals surface area contributed by atoms with E-state index in [1.807, 2.05) is 11.4 Å². The van der Waals surface area contributed by atoms with Crippen molar-refractivity contribution in [2.24, 2.45) is 5.73 Å². The Morgan fingerprint density at radius 2 is 2.71 bits per heavy atom. The van der Waals surface area contributed by atoms with E-state index in [-0.39, 0.29) is 0 Å². The highest BCUT2D eigenvalue weighted by Gasteiger charge is 1.83. The molecule has 0 saturated carbocycles. The minimum Gasteiger partial charge on any atom is -0.326 e. The summed E-state index contributed by atoms with van der Waals surface area (Å²) < 4.78 is 0. The van der Waals surface area contributed by atoms with Crippen molar-refractivity contribution in [1.29, 1.82) is 0 Å². The molecule has 7 heavy (non-hydrogen) atoms. The minimum absolute atomic E-state index is 0.623. The van der Waals surface area contributed by atoms with Crippen LogP contribution in [-0.2, 0) is 6.54 Å². The molecule has 0 fully saturated rings. The smallest absolute Gasteiger partial charge is 0.0280 e. The lowest BCUT2D eigenvalue weighted by atomic mass is 10.5. The first-order valence-corrected chi connectivity index (χ1v) is 2.95. The maximum Gasteiger partial charge on any atom is 0.0280 e. The Labute approximate surface area is 46.8 Å². The van der Waals surface area contributed by atoms with Gasteiger partial charge in [0.05, 0.1) is 0 Å². The Kier molecular flexibility index (Phi) is 1.44. The number of nitrogens with two attached hydrogens (primary N) is 1. The predicted octanol–water partition coefficient (Wildman–Crippen LogP) is 1.01. The van der Waals surface area contributed by atoms with E-state index in [1.165, 1.54) is 0 Å². The molecule has 0 aliphatic heterocycles. The zero-order valence-electron chi connectivity index (χ0n) is 3.85. The van der Waals surface area contributed by atoms with Gasteiger partial charge in [0.2, 0.25) is 0 Å². The van der Waals surface area contributed by atoms with Gasteiger partial charge in [-0.15, -0.1) is 11.3 Å². The molecule has 1 nitrogen and oxygen atoms in total. The monoisotopic (exact) mass is 112 g/mol. The molecule has 1 aromatic rings. The molecule has 1 radical (unpaired) electrons. The first kappa shape index (κ1) is 4.81. The fraction of sp³-hybridized carbons (Fsp3) is 0.200. The van der Waals surface area contributed by atoms with E-state index in [1.54, 1.807) is 11.3 Å². The van der Waals surface area contributed by atoms with Gasteiger partial charge in [0, 0.05) is 11.4 Å². The van der Waals surface area contributed by atoms with Gasteiger partial charge < -0.3 is 5.73 Å². The summed E-state index contributed by atoms with van der Waals surface area (Å²) in [6.45, 7) is 0.623. The minimum atomic E-state index is 0.623. The van der Waals surface area contributed by atoms with E-state index < -0.39 is 0 Å². The lowest BCUT2D eigenvalue weighted by Crippen LogP contribution is -1.91. The van der Waals surface area contributed by atoms with Crippen molar-refractivity contribution in [3.63, 3.8) is 0 Å². The van der Waals surface area contributed by atoms with Crippen LogP contribution < -0.4 is 5.73 Å². The van der Waals surface area contributed by atoms with Crippen LogP contribution in [0, 0.1) is 6.07 Å². The molecule has 0 atom stereocenters. The summed E-state index contributed by atoms with van der Waals surface area (Å²) in [7, 11) is 0. The van der Waals surface area contributed by atoms with Crippen molar-refractivity contribution < 1.29 is 0 Å². The van der Waals surface area contributed by atoms with Gasteiger partial charge in [-0.2, -0.15) is 0 Å². The molecule has 0 unspecified atom stereocenters. The summed E-state index contributed by atoms with van der Waals surface area (Å²) in [5, 5.41) is 1.97. The predicted molar refractivity (Wildman–Crippen MR) is 31.0 cm³/mol. The van der Waals surface area contributed by atoms with Crippen LogP contribution in [0.1, 0.15) is 4.88 Å². The molecule has 2 N–H and O–H groups in total. The maximum absolute atomic E-state index is 5.27. The van der Waals surface area contributed by atoms with E-state index in [0.29, 0.717) is 6.54 Å². The number of thiophene rings is 1. The van der Waals surface area contributed by atoms with Crippen LogP contribution in [0.5, 0.6) is 0 Å². The van der Waals surface area contributed by atoms with Crippen LogP contribution >= 0.6 is 11.3 Å². The van der Waals surface area contributed by atoms with Gasteiger partial charge in [-0.1, -0.05) is 0 Å². The maximum atomic E-state index is 5.27. The molecule has 0 aliphatic carbocycles. The molecule has 0 saturated heterocycles. The zero-order valence-corrected chi connectivity index (χ0v) is 4.66. The molecule has 0 aliphatic rings. The average Bonchev–Trinajstić information content (AvgIpc) is 2.14. The normalized spacial score (nSPS) is 9.29. The fourth-order valence-corrected chi connectivity index (χ4v) is 0.917. The third-order valence-corrected chi connectivity index (χ3v) is 1.55. The lowest BCUT2D eigenvalue weighted by Gasteiger charge is -1.78. The second-order valence-corrected chi connectivity index (χ2v) is 2.19. The highest BCUT2D eigenvalue weighted by molar-refractivity contribution is 7.09. The highest BCUT2D eigenvalue weighted by Crippen LogP contribution is 2.04. The molecule has 1 aromatic heterocycles. The summed E-state index contributed by atoms with van der Waals surface area (Å²) in [6, 6.07) is 4.86. The Hall–Kier alpha value is -0.340. The molecule has 1 rings (SSSR count). The summed E-state index contributed by atoms with van der Waals surface area (Å²) in [6.07, 6.45) is 0. The molecule has 1 heterocycles. The second-order valence-electron chi connectivity index (χ2n) is 1.19. The first-order valence-electron chi connectivity index (χ1n) is 2.07. The topological polar surface area (TPSA) is 26.0 Å². The Morgan fingerprint density at radius 1 is 1.86 bits per heavy atom. The van der Waals surface area contributed by atoms with Crippen molar-refractivity contribution in [1.82, 2.24) is 0 Å². The molecule has 0 spiro atoms. The van der Waals surface area contributed by atoms with Gasteiger partial charge in [0.15, 0.2) is 0 Å². The van der Waals surface area contributed by atoms with E-state index in [9.17, 15) is 0 Å². The van der Waals surface area contributed by atoms with E-state index in [4.69, 9.17) is 5.73 Å². The van der Waals surface area contributed by atoms with Crippen molar-refractivity contribution in [2.45, 2.75) is 6.54 Å². The van der Waals surface area contributed by atoms with Crippen molar-refractivity contribution in [2.75, 3.05) is 0 Å². The zero-order chi connectivity index (χ0) is 5.11.